The monoisotopic (exact) mass is 361 g/mol. The highest BCUT2D eigenvalue weighted by Crippen LogP contribution is 2.24. The van der Waals surface area contributed by atoms with Crippen LogP contribution in [0.2, 0.25) is 5.02 Å². The molecule has 0 saturated carbocycles. The van der Waals surface area contributed by atoms with Gasteiger partial charge in [-0.05, 0) is 37.6 Å². The van der Waals surface area contributed by atoms with E-state index in [0.717, 1.165) is 12.1 Å². The Morgan fingerprint density at radius 3 is 2.68 bits per heavy atom. The standard InChI is InChI=1S/C18H20ClN3O3/c1-4-11(2)21-14-7-13(9-20-10-14)17(23)22-16-8-12(18(24)25-3)5-6-15(16)19/h5-11,21H,4H2,1-3H3,(H,22,23). The fourth-order valence-corrected chi connectivity index (χ4v) is 2.25. The third kappa shape index (κ3) is 4.93. The van der Waals surface area contributed by atoms with Crippen molar-refractivity contribution >= 4 is 34.9 Å². The molecule has 1 aromatic carbocycles. The van der Waals surface area contributed by atoms with Gasteiger partial charge in [-0.3, -0.25) is 9.78 Å². The minimum atomic E-state index is -0.506. The molecule has 1 amide bonds. The molecule has 2 aromatic rings. The van der Waals surface area contributed by atoms with E-state index in [1.807, 2.05) is 6.92 Å². The number of esters is 1. The lowest BCUT2D eigenvalue weighted by atomic mass is 10.2. The van der Waals surface area contributed by atoms with Crippen LogP contribution in [0.5, 0.6) is 0 Å². The SMILES string of the molecule is CCC(C)Nc1cncc(C(=O)Nc2cc(C(=O)OC)ccc2Cl)c1. The van der Waals surface area contributed by atoms with Gasteiger partial charge in [-0.2, -0.15) is 0 Å². The molecule has 6 nitrogen and oxygen atoms in total. The molecule has 0 aliphatic carbocycles. The van der Waals surface area contributed by atoms with Crippen LogP contribution in [0.4, 0.5) is 11.4 Å². The van der Waals surface area contributed by atoms with Crippen molar-refractivity contribution in [2.24, 2.45) is 0 Å². The molecule has 0 bridgehead atoms. The first-order chi connectivity index (χ1) is 11.9. The number of halogens is 1. The molecule has 0 aliphatic rings. The first-order valence-corrected chi connectivity index (χ1v) is 8.23. The van der Waals surface area contributed by atoms with Gasteiger partial charge in [0.1, 0.15) is 0 Å². The first kappa shape index (κ1) is 18.7. The second-order valence-electron chi connectivity index (χ2n) is 5.56. The minimum Gasteiger partial charge on any atom is -0.465 e. The number of anilines is 2. The van der Waals surface area contributed by atoms with Gasteiger partial charge in [0.2, 0.25) is 0 Å². The molecule has 0 fully saturated rings. The number of nitrogens with zero attached hydrogens (tertiary/aromatic N) is 1. The van der Waals surface area contributed by atoms with Gasteiger partial charge in [0.15, 0.2) is 0 Å². The zero-order valence-corrected chi connectivity index (χ0v) is 15.1. The third-order valence-electron chi connectivity index (χ3n) is 3.66. The van der Waals surface area contributed by atoms with Gasteiger partial charge < -0.3 is 15.4 Å². The zero-order chi connectivity index (χ0) is 18.4. The van der Waals surface area contributed by atoms with Crippen LogP contribution in [0.15, 0.2) is 36.7 Å². The van der Waals surface area contributed by atoms with Crippen LogP contribution in [-0.2, 0) is 4.74 Å². The number of carbonyl (C=O) groups is 2. The molecule has 1 heterocycles. The summed E-state index contributed by atoms with van der Waals surface area (Å²) in [5, 5.41) is 6.28. The van der Waals surface area contributed by atoms with Crippen LogP contribution in [-0.4, -0.2) is 30.0 Å². The van der Waals surface area contributed by atoms with Crippen molar-refractivity contribution in [1.82, 2.24) is 4.98 Å². The summed E-state index contributed by atoms with van der Waals surface area (Å²) in [6.45, 7) is 4.11. The van der Waals surface area contributed by atoms with Gasteiger partial charge in [-0.25, -0.2) is 4.79 Å². The highest BCUT2D eigenvalue weighted by molar-refractivity contribution is 6.34. The topological polar surface area (TPSA) is 80.3 Å². The Bertz CT molecular complexity index is 780. The lowest BCUT2D eigenvalue weighted by molar-refractivity contribution is 0.0600. The maximum Gasteiger partial charge on any atom is 0.337 e. The van der Waals surface area contributed by atoms with E-state index in [0.29, 0.717) is 21.8 Å². The van der Waals surface area contributed by atoms with Crippen molar-refractivity contribution in [2.45, 2.75) is 26.3 Å². The predicted molar refractivity (Wildman–Crippen MR) is 98.4 cm³/mol. The molecule has 0 saturated heterocycles. The average Bonchev–Trinajstić information content (AvgIpc) is 2.62. The fourth-order valence-electron chi connectivity index (χ4n) is 2.09. The van der Waals surface area contributed by atoms with E-state index < -0.39 is 5.97 Å². The van der Waals surface area contributed by atoms with Crippen molar-refractivity contribution in [3.8, 4) is 0 Å². The Hall–Kier alpha value is -2.60. The van der Waals surface area contributed by atoms with E-state index in [1.165, 1.54) is 31.5 Å². The quantitative estimate of drug-likeness (QED) is 0.760. The average molecular weight is 362 g/mol. The number of methoxy groups -OCH3 is 1. The second kappa shape index (κ2) is 8.48. The van der Waals surface area contributed by atoms with Crippen LogP contribution < -0.4 is 10.6 Å². The van der Waals surface area contributed by atoms with Crippen molar-refractivity contribution < 1.29 is 14.3 Å². The van der Waals surface area contributed by atoms with E-state index in [-0.39, 0.29) is 11.9 Å². The largest absolute Gasteiger partial charge is 0.465 e. The van der Waals surface area contributed by atoms with Crippen LogP contribution >= 0.6 is 11.6 Å². The number of carbonyl (C=O) groups excluding carboxylic acids is 2. The summed E-state index contributed by atoms with van der Waals surface area (Å²) in [7, 11) is 1.29. The van der Waals surface area contributed by atoms with E-state index >= 15 is 0 Å². The van der Waals surface area contributed by atoms with Gasteiger partial charge in [0, 0.05) is 18.4 Å². The molecular formula is C18H20ClN3O3. The molecule has 0 aliphatic heterocycles. The Morgan fingerprint density at radius 2 is 2.00 bits per heavy atom. The summed E-state index contributed by atoms with van der Waals surface area (Å²) in [6, 6.07) is 6.52. The fraction of sp³-hybridized carbons (Fsp3) is 0.278. The number of rotatable bonds is 6. The van der Waals surface area contributed by atoms with Crippen LogP contribution in [0.25, 0.3) is 0 Å². The zero-order valence-electron chi connectivity index (χ0n) is 14.3. The summed E-state index contributed by atoms with van der Waals surface area (Å²) in [5.41, 5.74) is 1.77. The van der Waals surface area contributed by atoms with Crippen LogP contribution in [0, 0.1) is 0 Å². The number of amides is 1. The minimum absolute atomic E-state index is 0.270. The number of ether oxygens (including phenoxy) is 1. The Balaban J connectivity index is 2.19. The Kier molecular flexibility index (Phi) is 6.36. The molecule has 1 aromatic heterocycles. The van der Waals surface area contributed by atoms with Gasteiger partial charge >= 0.3 is 5.97 Å². The van der Waals surface area contributed by atoms with Crippen molar-refractivity contribution in [1.29, 1.82) is 0 Å². The summed E-state index contributed by atoms with van der Waals surface area (Å²) in [5.74, 6) is -0.877. The Morgan fingerprint density at radius 1 is 1.24 bits per heavy atom. The maximum atomic E-state index is 12.5. The molecule has 1 atom stereocenters. The smallest absolute Gasteiger partial charge is 0.337 e. The second-order valence-corrected chi connectivity index (χ2v) is 5.96. The Labute approximate surface area is 151 Å². The van der Waals surface area contributed by atoms with Gasteiger partial charge in [0.05, 0.1) is 34.6 Å². The van der Waals surface area contributed by atoms with Crippen molar-refractivity contribution in [2.75, 3.05) is 17.7 Å². The van der Waals surface area contributed by atoms with Crippen LogP contribution in [0.1, 0.15) is 41.0 Å². The summed E-state index contributed by atoms with van der Waals surface area (Å²) in [4.78, 5) is 28.2. The lowest BCUT2D eigenvalue weighted by Gasteiger charge is -2.13. The summed E-state index contributed by atoms with van der Waals surface area (Å²) in [6.07, 6.45) is 4.08. The third-order valence-corrected chi connectivity index (χ3v) is 3.99. The van der Waals surface area contributed by atoms with Crippen molar-refractivity contribution in [3.05, 3.63) is 52.8 Å². The molecule has 2 N–H and O–H groups in total. The molecular weight excluding hydrogens is 342 g/mol. The highest BCUT2D eigenvalue weighted by Gasteiger charge is 2.13. The number of hydrogen-bond donors (Lipinski definition) is 2. The normalized spacial score (nSPS) is 11.5. The molecule has 25 heavy (non-hydrogen) atoms. The van der Waals surface area contributed by atoms with E-state index in [9.17, 15) is 9.59 Å². The number of pyridine rings is 1. The molecule has 1 unspecified atom stereocenters. The first-order valence-electron chi connectivity index (χ1n) is 7.85. The summed E-state index contributed by atoms with van der Waals surface area (Å²) >= 11 is 6.10. The highest BCUT2D eigenvalue weighted by atomic mass is 35.5. The number of benzene rings is 1. The summed E-state index contributed by atoms with van der Waals surface area (Å²) < 4.78 is 4.67. The van der Waals surface area contributed by atoms with Crippen molar-refractivity contribution in [3.63, 3.8) is 0 Å². The van der Waals surface area contributed by atoms with Gasteiger partial charge in [-0.15, -0.1) is 0 Å². The van der Waals surface area contributed by atoms with E-state index in [4.69, 9.17) is 11.6 Å². The predicted octanol–water partition coefficient (Wildman–Crippen LogP) is 3.98. The van der Waals surface area contributed by atoms with E-state index in [2.05, 4.69) is 27.3 Å². The molecule has 2 rings (SSSR count). The number of hydrogen-bond acceptors (Lipinski definition) is 5. The number of nitrogens with one attached hydrogen (secondary N) is 2. The van der Waals surface area contributed by atoms with Gasteiger partial charge in [0.25, 0.3) is 5.91 Å². The maximum absolute atomic E-state index is 12.5. The number of aromatic nitrogens is 1. The molecule has 0 radical (unpaired) electrons. The van der Waals surface area contributed by atoms with E-state index in [1.54, 1.807) is 12.3 Å². The lowest BCUT2D eigenvalue weighted by Crippen LogP contribution is -2.16. The molecule has 0 spiro atoms. The molecule has 7 heteroatoms. The molecule has 132 valence electrons. The van der Waals surface area contributed by atoms with Crippen LogP contribution in [0.3, 0.4) is 0 Å². The van der Waals surface area contributed by atoms with Gasteiger partial charge in [-0.1, -0.05) is 18.5 Å².